The Bertz CT molecular complexity index is 1330. The van der Waals surface area contributed by atoms with Crippen LogP contribution in [0.3, 0.4) is 0 Å². The van der Waals surface area contributed by atoms with E-state index >= 15 is 0 Å². The molecule has 0 aromatic heterocycles. The van der Waals surface area contributed by atoms with E-state index in [0.717, 1.165) is 16.0 Å². The summed E-state index contributed by atoms with van der Waals surface area (Å²) in [5, 5.41) is 2.88. The maximum absolute atomic E-state index is 13.1. The smallest absolute Gasteiger partial charge is 0.335 e. The molecule has 172 valence electrons. The van der Waals surface area contributed by atoms with Crippen molar-refractivity contribution in [3.63, 3.8) is 0 Å². The van der Waals surface area contributed by atoms with Crippen molar-refractivity contribution in [1.82, 2.24) is 5.32 Å². The molecular weight excluding hydrogens is 475 g/mol. The Labute approximate surface area is 206 Å². The van der Waals surface area contributed by atoms with Gasteiger partial charge in [0.1, 0.15) is 17.9 Å². The first kappa shape index (κ1) is 23.5. The van der Waals surface area contributed by atoms with E-state index < -0.39 is 17.8 Å². The number of ether oxygens (including phenoxy) is 1. The molecule has 1 N–H and O–H groups in total. The molecule has 0 atom stereocenters. The first-order valence-electron chi connectivity index (χ1n) is 10.4. The molecule has 1 aliphatic heterocycles. The van der Waals surface area contributed by atoms with Gasteiger partial charge in [-0.3, -0.25) is 14.9 Å². The van der Waals surface area contributed by atoms with Crippen LogP contribution in [0.4, 0.5) is 10.5 Å². The average Bonchev–Trinajstić information content (AvgIpc) is 2.79. The molecule has 4 rings (SSSR count). The SMILES string of the molecule is Cc1ccc(COc2ccc(/C=C3\C(=O)NC(=O)N(c4cc(Cl)ccc4C)C3=O)cc2Cl)cc1. The van der Waals surface area contributed by atoms with Crippen molar-refractivity contribution in [2.45, 2.75) is 20.5 Å². The number of hydrogen-bond donors (Lipinski definition) is 1. The summed E-state index contributed by atoms with van der Waals surface area (Å²) in [6.45, 7) is 4.09. The summed E-state index contributed by atoms with van der Waals surface area (Å²) in [4.78, 5) is 38.9. The average molecular weight is 495 g/mol. The van der Waals surface area contributed by atoms with E-state index in [-0.39, 0.29) is 5.57 Å². The summed E-state index contributed by atoms with van der Waals surface area (Å²) in [6.07, 6.45) is 1.38. The van der Waals surface area contributed by atoms with Crippen LogP contribution in [0, 0.1) is 13.8 Å². The number of rotatable bonds is 5. The first-order chi connectivity index (χ1) is 16.2. The van der Waals surface area contributed by atoms with Crippen LogP contribution in [-0.4, -0.2) is 17.8 Å². The van der Waals surface area contributed by atoms with E-state index in [1.165, 1.54) is 12.1 Å². The van der Waals surface area contributed by atoms with Crippen molar-refractivity contribution in [3.8, 4) is 5.75 Å². The molecule has 1 saturated heterocycles. The number of barbiturate groups is 1. The molecule has 6 nitrogen and oxygen atoms in total. The number of nitrogens with zero attached hydrogens (tertiary/aromatic N) is 1. The minimum absolute atomic E-state index is 0.205. The van der Waals surface area contributed by atoms with E-state index in [2.05, 4.69) is 5.32 Å². The molecule has 1 fully saturated rings. The van der Waals surface area contributed by atoms with Crippen LogP contribution in [0.25, 0.3) is 6.08 Å². The molecule has 1 heterocycles. The highest BCUT2D eigenvalue weighted by Gasteiger charge is 2.37. The Morgan fingerprint density at radius 3 is 2.38 bits per heavy atom. The second-order valence-corrected chi connectivity index (χ2v) is 8.70. The third-order valence-electron chi connectivity index (χ3n) is 5.30. The molecule has 4 amide bonds. The normalized spacial score (nSPS) is 15.0. The minimum atomic E-state index is -0.838. The largest absolute Gasteiger partial charge is 0.487 e. The van der Waals surface area contributed by atoms with Crippen molar-refractivity contribution in [2.75, 3.05) is 4.90 Å². The Hall–Kier alpha value is -3.61. The third kappa shape index (κ3) is 4.98. The standard InChI is InChI=1S/C26H20Cl2N2O4/c1-15-3-6-17(7-4-15)14-34-23-10-8-18(12-21(23)28)11-20-24(31)29-26(33)30(25(20)32)22-13-19(27)9-5-16(22)2/h3-13H,14H2,1-2H3,(H,29,31,33)/b20-11+. The fourth-order valence-electron chi connectivity index (χ4n) is 3.44. The van der Waals surface area contributed by atoms with Crippen molar-refractivity contribution in [1.29, 1.82) is 0 Å². The zero-order valence-electron chi connectivity index (χ0n) is 18.4. The van der Waals surface area contributed by atoms with Gasteiger partial charge < -0.3 is 4.74 Å². The molecule has 0 radical (unpaired) electrons. The third-order valence-corrected chi connectivity index (χ3v) is 5.83. The molecule has 1 aliphatic rings. The number of amides is 4. The Balaban J connectivity index is 1.58. The molecule has 34 heavy (non-hydrogen) atoms. The molecule has 3 aromatic rings. The zero-order valence-corrected chi connectivity index (χ0v) is 19.9. The van der Waals surface area contributed by atoms with Crippen LogP contribution < -0.4 is 15.0 Å². The van der Waals surface area contributed by atoms with Gasteiger partial charge in [0.15, 0.2) is 0 Å². The van der Waals surface area contributed by atoms with Crippen LogP contribution in [-0.2, 0) is 16.2 Å². The van der Waals surface area contributed by atoms with Crippen LogP contribution in [0.15, 0.2) is 66.2 Å². The molecule has 0 bridgehead atoms. The number of imide groups is 2. The molecular formula is C26H20Cl2N2O4. The number of carbonyl (C=O) groups excluding carboxylic acids is 3. The lowest BCUT2D eigenvalue weighted by molar-refractivity contribution is -0.122. The van der Waals surface area contributed by atoms with Crippen molar-refractivity contribution >= 4 is 52.8 Å². The molecule has 3 aromatic carbocycles. The number of aryl methyl sites for hydroxylation is 2. The van der Waals surface area contributed by atoms with Gasteiger partial charge in [-0.2, -0.15) is 0 Å². The van der Waals surface area contributed by atoms with Crippen LogP contribution >= 0.6 is 23.2 Å². The quantitative estimate of drug-likeness (QED) is 0.356. The van der Waals surface area contributed by atoms with Gasteiger partial charge in [-0.05, 0) is 60.9 Å². The Kier molecular flexibility index (Phi) is 6.72. The fourth-order valence-corrected chi connectivity index (χ4v) is 3.85. The summed E-state index contributed by atoms with van der Waals surface area (Å²) in [6, 6.07) is 16.9. The molecule has 8 heteroatoms. The van der Waals surface area contributed by atoms with Crippen LogP contribution in [0.2, 0.25) is 10.0 Å². The number of urea groups is 1. The highest BCUT2D eigenvalue weighted by molar-refractivity contribution is 6.40. The minimum Gasteiger partial charge on any atom is -0.487 e. The molecule has 0 saturated carbocycles. The lowest BCUT2D eigenvalue weighted by atomic mass is 10.1. The highest BCUT2D eigenvalue weighted by Crippen LogP contribution is 2.30. The van der Waals surface area contributed by atoms with Gasteiger partial charge in [-0.25, -0.2) is 9.69 Å². The number of hydrogen-bond acceptors (Lipinski definition) is 4. The summed E-state index contributed by atoms with van der Waals surface area (Å²) in [7, 11) is 0. The van der Waals surface area contributed by atoms with Crippen molar-refractivity contribution < 1.29 is 19.1 Å². The maximum Gasteiger partial charge on any atom is 0.335 e. The Morgan fingerprint density at radius 1 is 0.941 bits per heavy atom. The monoisotopic (exact) mass is 494 g/mol. The van der Waals surface area contributed by atoms with Gasteiger partial charge in [0.25, 0.3) is 11.8 Å². The number of benzene rings is 3. The second-order valence-electron chi connectivity index (χ2n) is 7.85. The van der Waals surface area contributed by atoms with Gasteiger partial charge in [0.05, 0.1) is 10.7 Å². The predicted molar refractivity (Wildman–Crippen MR) is 132 cm³/mol. The van der Waals surface area contributed by atoms with E-state index in [1.54, 1.807) is 37.3 Å². The molecule has 0 spiro atoms. The molecule has 0 aliphatic carbocycles. The topological polar surface area (TPSA) is 75.7 Å². The van der Waals surface area contributed by atoms with Crippen molar-refractivity contribution in [3.05, 3.63) is 98.5 Å². The first-order valence-corrected chi connectivity index (χ1v) is 11.1. The van der Waals surface area contributed by atoms with E-state index in [9.17, 15) is 14.4 Å². The number of carbonyl (C=O) groups is 3. The van der Waals surface area contributed by atoms with Gasteiger partial charge in [-0.1, -0.05) is 65.2 Å². The van der Waals surface area contributed by atoms with E-state index in [0.29, 0.717) is 39.2 Å². The summed E-state index contributed by atoms with van der Waals surface area (Å²) >= 11 is 12.4. The van der Waals surface area contributed by atoms with Gasteiger partial charge >= 0.3 is 6.03 Å². The van der Waals surface area contributed by atoms with Gasteiger partial charge in [-0.15, -0.1) is 0 Å². The Morgan fingerprint density at radius 2 is 1.68 bits per heavy atom. The maximum atomic E-state index is 13.1. The summed E-state index contributed by atoms with van der Waals surface area (Å²) < 4.78 is 5.80. The fraction of sp³-hybridized carbons (Fsp3) is 0.115. The molecule has 0 unspecified atom stereocenters. The highest BCUT2D eigenvalue weighted by atomic mass is 35.5. The van der Waals surface area contributed by atoms with Gasteiger partial charge in [0, 0.05) is 5.02 Å². The summed E-state index contributed by atoms with van der Waals surface area (Å²) in [5.41, 5.74) is 3.40. The zero-order chi connectivity index (χ0) is 24.4. The van der Waals surface area contributed by atoms with E-state index in [1.807, 2.05) is 31.2 Å². The van der Waals surface area contributed by atoms with Crippen LogP contribution in [0.5, 0.6) is 5.75 Å². The lowest BCUT2D eigenvalue weighted by Gasteiger charge is -2.27. The van der Waals surface area contributed by atoms with Crippen molar-refractivity contribution in [2.24, 2.45) is 0 Å². The number of halogens is 2. The van der Waals surface area contributed by atoms with E-state index in [4.69, 9.17) is 27.9 Å². The lowest BCUT2D eigenvalue weighted by Crippen LogP contribution is -2.54. The summed E-state index contributed by atoms with van der Waals surface area (Å²) in [5.74, 6) is -1.08. The number of anilines is 1. The predicted octanol–water partition coefficient (Wildman–Crippen LogP) is 5.86. The van der Waals surface area contributed by atoms with Gasteiger partial charge in [0.2, 0.25) is 0 Å². The number of nitrogens with one attached hydrogen (secondary N) is 1. The van der Waals surface area contributed by atoms with Crippen LogP contribution in [0.1, 0.15) is 22.3 Å². The second kappa shape index (κ2) is 9.71.